The normalized spacial score (nSPS) is 16.5. The lowest BCUT2D eigenvalue weighted by atomic mass is 9.99. The molecule has 2 heterocycles. The molecule has 29 heavy (non-hydrogen) atoms. The van der Waals surface area contributed by atoms with Gasteiger partial charge < -0.3 is 14.8 Å². The molecular formula is C23H28IN5. The van der Waals surface area contributed by atoms with Gasteiger partial charge in [0.15, 0.2) is 5.96 Å². The van der Waals surface area contributed by atoms with Crippen molar-refractivity contribution in [1.82, 2.24) is 19.8 Å². The van der Waals surface area contributed by atoms with Crippen LogP contribution in [0.4, 0.5) is 0 Å². The van der Waals surface area contributed by atoms with Gasteiger partial charge >= 0.3 is 0 Å². The largest absolute Gasteiger partial charge is 0.352 e. The molecule has 0 aliphatic carbocycles. The molecule has 1 atom stereocenters. The average molecular weight is 501 g/mol. The van der Waals surface area contributed by atoms with Crippen LogP contribution in [0.2, 0.25) is 0 Å². The summed E-state index contributed by atoms with van der Waals surface area (Å²) in [6, 6.07) is 19.5. The third-order valence-electron chi connectivity index (χ3n) is 5.34. The van der Waals surface area contributed by atoms with Crippen LogP contribution in [0.1, 0.15) is 29.0 Å². The zero-order chi connectivity index (χ0) is 19.2. The van der Waals surface area contributed by atoms with Crippen molar-refractivity contribution in [3.63, 3.8) is 0 Å². The van der Waals surface area contributed by atoms with Crippen molar-refractivity contribution in [2.45, 2.75) is 25.4 Å². The van der Waals surface area contributed by atoms with E-state index >= 15 is 0 Å². The van der Waals surface area contributed by atoms with Gasteiger partial charge in [0, 0.05) is 51.5 Å². The van der Waals surface area contributed by atoms with Crippen molar-refractivity contribution < 1.29 is 0 Å². The summed E-state index contributed by atoms with van der Waals surface area (Å²) in [7, 11) is 1.87. The number of likely N-dealkylation sites (tertiary alicyclic amines) is 1. The molecule has 0 amide bonds. The van der Waals surface area contributed by atoms with E-state index < -0.39 is 0 Å². The molecular weight excluding hydrogens is 473 g/mol. The number of nitrogens with zero attached hydrogens (tertiary/aromatic N) is 4. The number of hydrogen-bond donors (Lipinski definition) is 1. The summed E-state index contributed by atoms with van der Waals surface area (Å²) in [6.45, 7) is 3.68. The van der Waals surface area contributed by atoms with Gasteiger partial charge in [-0.2, -0.15) is 0 Å². The van der Waals surface area contributed by atoms with Crippen LogP contribution in [-0.4, -0.2) is 40.5 Å². The maximum Gasteiger partial charge on any atom is 0.193 e. The van der Waals surface area contributed by atoms with Crippen molar-refractivity contribution in [2.24, 2.45) is 4.99 Å². The van der Waals surface area contributed by atoms with Gasteiger partial charge in [-0.25, -0.2) is 4.98 Å². The van der Waals surface area contributed by atoms with Crippen molar-refractivity contribution in [3.05, 3.63) is 90.0 Å². The van der Waals surface area contributed by atoms with E-state index in [2.05, 4.69) is 79.4 Å². The predicted octanol–water partition coefficient (Wildman–Crippen LogP) is 4.11. The van der Waals surface area contributed by atoms with Gasteiger partial charge in [-0.05, 0) is 23.1 Å². The molecule has 0 spiro atoms. The zero-order valence-electron chi connectivity index (χ0n) is 16.7. The van der Waals surface area contributed by atoms with Crippen LogP contribution < -0.4 is 5.32 Å². The minimum Gasteiger partial charge on any atom is -0.352 e. The molecule has 6 heteroatoms. The van der Waals surface area contributed by atoms with Crippen molar-refractivity contribution >= 4 is 29.9 Å². The fourth-order valence-electron chi connectivity index (χ4n) is 3.89. The maximum atomic E-state index is 4.52. The summed E-state index contributed by atoms with van der Waals surface area (Å²) in [6.07, 6.45) is 6.83. The highest BCUT2D eigenvalue weighted by molar-refractivity contribution is 14.0. The molecule has 0 radical (unpaired) electrons. The summed E-state index contributed by atoms with van der Waals surface area (Å²) in [5.41, 5.74) is 3.96. The van der Waals surface area contributed by atoms with E-state index in [4.69, 9.17) is 0 Å². The molecule has 1 aliphatic rings. The van der Waals surface area contributed by atoms with Crippen LogP contribution in [0.5, 0.6) is 0 Å². The Bertz CT molecular complexity index is 908. The second-order valence-electron chi connectivity index (χ2n) is 7.30. The van der Waals surface area contributed by atoms with E-state index in [9.17, 15) is 0 Å². The van der Waals surface area contributed by atoms with Gasteiger partial charge in [0.1, 0.15) is 0 Å². The van der Waals surface area contributed by atoms with Crippen molar-refractivity contribution in [3.8, 4) is 0 Å². The Morgan fingerprint density at radius 1 is 1.14 bits per heavy atom. The maximum absolute atomic E-state index is 4.52. The molecule has 2 aromatic carbocycles. The molecule has 1 unspecified atom stereocenters. The molecule has 5 nitrogen and oxygen atoms in total. The second kappa shape index (κ2) is 10.4. The SMILES string of the molecule is CN=C(NCc1cccc(Cn2ccnc2)c1)N1CCC(c2ccccc2)C1.I. The smallest absolute Gasteiger partial charge is 0.193 e. The Labute approximate surface area is 189 Å². The van der Waals surface area contributed by atoms with Gasteiger partial charge in [0.05, 0.1) is 6.33 Å². The Morgan fingerprint density at radius 2 is 1.97 bits per heavy atom. The van der Waals surface area contributed by atoms with E-state index in [1.165, 1.54) is 23.1 Å². The van der Waals surface area contributed by atoms with Gasteiger partial charge in [-0.3, -0.25) is 4.99 Å². The summed E-state index contributed by atoms with van der Waals surface area (Å²) in [4.78, 5) is 11.0. The minimum atomic E-state index is 0. The van der Waals surface area contributed by atoms with Crippen molar-refractivity contribution in [2.75, 3.05) is 20.1 Å². The van der Waals surface area contributed by atoms with Crippen LogP contribution >= 0.6 is 24.0 Å². The molecule has 152 valence electrons. The second-order valence-corrected chi connectivity index (χ2v) is 7.30. The lowest BCUT2D eigenvalue weighted by Gasteiger charge is -2.22. The molecule has 1 aliphatic heterocycles. The lowest BCUT2D eigenvalue weighted by molar-refractivity contribution is 0.486. The minimum absolute atomic E-state index is 0. The number of halogens is 1. The first-order valence-electron chi connectivity index (χ1n) is 9.86. The highest BCUT2D eigenvalue weighted by atomic mass is 127. The van der Waals surface area contributed by atoms with Gasteiger partial charge in [-0.1, -0.05) is 54.6 Å². The van der Waals surface area contributed by atoms with Crippen LogP contribution in [-0.2, 0) is 13.1 Å². The number of imidazole rings is 1. The molecule has 0 bridgehead atoms. The summed E-state index contributed by atoms with van der Waals surface area (Å²) in [5.74, 6) is 1.57. The highest BCUT2D eigenvalue weighted by Crippen LogP contribution is 2.26. The first kappa shape index (κ1) is 21.4. The Morgan fingerprint density at radius 3 is 2.72 bits per heavy atom. The molecule has 1 fully saturated rings. The van der Waals surface area contributed by atoms with E-state index in [0.717, 1.165) is 32.1 Å². The first-order valence-corrected chi connectivity index (χ1v) is 9.86. The third-order valence-corrected chi connectivity index (χ3v) is 5.34. The molecule has 1 N–H and O–H groups in total. The standard InChI is InChI=1S/C23H27N5.HI/c1-24-23(28-12-10-22(17-28)21-8-3-2-4-9-21)26-15-19-6-5-7-20(14-19)16-27-13-11-25-18-27;/h2-9,11,13-14,18,22H,10,12,15-17H2,1H3,(H,24,26);1H. The molecule has 1 saturated heterocycles. The van der Waals surface area contributed by atoms with E-state index in [-0.39, 0.29) is 24.0 Å². The number of guanidine groups is 1. The fraction of sp³-hybridized carbons (Fsp3) is 0.304. The first-order chi connectivity index (χ1) is 13.8. The van der Waals surface area contributed by atoms with Gasteiger partial charge in [0.25, 0.3) is 0 Å². The Kier molecular flexibility index (Phi) is 7.69. The van der Waals surface area contributed by atoms with E-state index in [1.54, 1.807) is 0 Å². The third kappa shape index (κ3) is 5.59. The number of aliphatic imine (C=N–C) groups is 1. The van der Waals surface area contributed by atoms with Crippen LogP contribution in [0.25, 0.3) is 0 Å². The van der Waals surface area contributed by atoms with Crippen LogP contribution in [0, 0.1) is 0 Å². The van der Waals surface area contributed by atoms with Gasteiger partial charge in [0.2, 0.25) is 0 Å². The number of nitrogens with one attached hydrogen (secondary N) is 1. The van der Waals surface area contributed by atoms with Gasteiger partial charge in [-0.15, -0.1) is 24.0 Å². The number of aromatic nitrogens is 2. The topological polar surface area (TPSA) is 45.5 Å². The molecule has 4 rings (SSSR count). The lowest BCUT2D eigenvalue weighted by Crippen LogP contribution is -2.39. The molecule has 0 saturated carbocycles. The molecule has 1 aromatic heterocycles. The van der Waals surface area contributed by atoms with E-state index in [1.807, 2.05) is 25.8 Å². The van der Waals surface area contributed by atoms with E-state index in [0.29, 0.717) is 5.92 Å². The summed E-state index contributed by atoms with van der Waals surface area (Å²) in [5, 5.41) is 3.54. The average Bonchev–Trinajstić information content (AvgIpc) is 3.42. The van der Waals surface area contributed by atoms with Crippen LogP contribution in [0.15, 0.2) is 78.3 Å². The quantitative estimate of drug-likeness (QED) is 0.325. The number of hydrogen-bond acceptors (Lipinski definition) is 2. The number of benzene rings is 2. The summed E-state index contributed by atoms with van der Waals surface area (Å²) < 4.78 is 2.08. The fourth-order valence-corrected chi connectivity index (χ4v) is 3.89. The monoisotopic (exact) mass is 501 g/mol. The Balaban J connectivity index is 0.00000240. The Hall–Kier alpha value is -2.35. The number of rotatable bonds is 5. The van der Waals surface area contributed by atoms with Crippen molar-refractivity contribution in [1.29, 1.82) is 0 Å². The predicted molar refractivity (Wildman–Crippen MR) is 129 cm³/mol. The van der Waals surface area contributed by atoms with Crippen LogP contribution in [0.3, 0.4) is 0 Å². The summed E-state index contributed by atoms with van der Waals surface area (Å²) >= 11 is 0. The highest BCUT2D eigenvalue weighted by Gasteiger charge is 2.25. The molecule has 3 aromatic rings. The zero-order valence-corrected chi connectivity index (χ0v) is 19.1.